The molecule has 1 aromatic heterocycles. The van der Waals surface area contributed by atoms with Crippen molar-refractivity contribution in [2.75, 3.05) is 7.11 Å². The van der Waals surface area contributed by atoms with Crippen LogP contribution in [0.2, 0.25) is 0 Å². The van der Waals surface area contributed by atoms with E-state index in [9.17, 15) is 8.78 Å². The maximum Gasteiger partial charge on any atom is 0.138 e. The predicted molar refractivity (Wildman–Crippen MR) is 75.2 cm³/mol. The van der Waals surface area contributed by atoms with Gasteiger partial charge in [-0.3, -0.25) is 0 Å². The Morgan fingerprint density at radius 3 is 2.67 bits per heavy atom. The molecule has 0 radical (unpaired) electrons. The van der Waals surface area contributed by atoms with Crippen molar-refractivity contribution >= 4 is 11.0 Å². The van der Waals surface area contributed by atoms with Gasteiger partial charge in [-0.2, -0.15) is 0 Å². The van der Waals surface area contributed by atoms with Crippen LogP contribution in [-0.4, -0.2) is 7.11 Å². The van der Waals surface area contributed by atoms with E-state index in [1.165, 1.54) is 0 Å². The first-order valence-corrected chi connectivity index (χ1v) is 6.36. The Bertz CT molecular complexity index is 798. The molecule has 2 aromatic carbocycles. The number of benzene rings is 2. The molecule has 108 valence electrons. The predicted octanol–water partition coefficient (Wildman–Crippen LogP) is 3.77. The van der Waals surface area contributed by atoms with Crippen LogP contribution in [0, 0.1) is 11.6 Å². The Labute approximate surface area is 119 Å². The Morgan fingerprint density at radius 1 is 1.10 bits per heavy atom. The monoisotopic (exact) mass is 289 g/mol. The summed E-state index contributed by atoms with van der Waals surface area (Å²) in [5.41, 5.74) is 6.63. The topological polar surface area (TPSA) is 48.4 Å². The smallest absolute Gasteiger partial charge is 0.138 e. The van der Waals surface area contributed by atoms with Crippen LogP contribution in [0.1, 0.15) is 17.4 Å². The lowest BCUT2D eigenvalue weighted by atomic mass is 10.0. The van der Waals surface area contributed by atoms with Crippen LogP contribution >= 0.6 is 0 Å². The normalized spacial score (nSPS) is 12.6. The van der Waals surface area contributed by atoms with Crippen molar-refractivity contribution in [3.63, 3.8) is 0 Å². The van der Waals surface area contributed by atoms with Crippen molar-refractivity contribution in [2.24, 2.45) is 5.73 Å². The molecule has 0 spiro atoms. The van der Waals surface area contributed by atoms with E-state index in [1.807, 2.05) is 6.07 Å². The number of furan rings is 1. The van der Waals surface area contributed by atoms with E-state index in [-0.39, 0.29) is 5.56 Å². The van der Waals surface area contributed by atoms with Crippen molar-refractivity contribution in [3.05, 3.63) is 65.4 Å². The SMILES string of the molecule is COc1ccc2cc(C(N)c3cc(F)ccc3F)oc2c1. The highest BCUT2D eigenvalue weighted by molar-refractivity contribution is 5.79. The number of rotatable bonds is 3. The minimum atomic E-state index is -0.876. The minimum absolute atomic E-state index is 0.0565. The zero-order chi connectivity index (χ0) is 15.0. The fourth-order valence-electron chi connectivity index (χ4n) is 2.22. The first-order valence-electron chi connectivity index (χ1n) is 6.36. The number of ether oxygens (including phenoxy) is 1. The molecule has 1 atom stereocenters. The van der Waals surface area contributed by atoms with E-state index in [0.29, 0.717) is 17.1 Å². The fraction of sp³-hybridized carbons (Fsp3) is 0.125. The summed E-state index contributed by atoms with van der Waals surface area (Å²) in [6.45, 7) is 0. The summed E-state index contributed by atoms with van der Waals surface area (Å²) in [6, 6.07) is 9.33. The highest BCUT2D eigenvalue weighted by atomic mass is 19.1. The summed E-state index contributed by atoms with van der Waals surface area (Å²) >= 11 is 0. The fourth-order valence-corrected chi connectivity index (χ4v) is 2.22. The average molecular weight is 289 g/mol. The lowest BCUT2D eigenvalue weighted by molar-refractivity contribution is 0.414. The van der Waals surface area contributed by atoms with Gasteiger partial charge in [-0.1, -0.05) is 0 Å². The van der Waals surface area contributed by atoms with Crippen molar-refractivity contribution in [2.45, 2.75) is 6.04 Å². The van der Waals surface area contributed by atoms with Crippen molar-refractivity contribution in [1.29, 1.82) is 0 Å². The minimum Gasteiger partial charge on any atom is -0.497 e. The molecule has 5 heteroatoms. The summed E-state index contributed by atoms with van der Waals surface area (Å²) < 4.78 is 37.8. The Morgan fingerprint density at radius 2 is 1.90 bits per heavy atom. The van der Waals surface area contributed by atoms with Gasteiger partial charge in [0.25, 0.3) is 0 Å². The standard InChI is InChI=1S/C16H13F2NO2/c1-20-11-4-2-9-6-15(21-14(9)8-11)16(19)12-7-10(17)3-5-13(12)18/h2-8,16H,19H2,1H3. The van der Waals surface area contributed by atoms with Crippen molar-refractivity contribution in [1.82, 2.24) is 0 Å². The second kappa shape index (κ2) is 5.18. The number of hydrogen-bond donors (Lipinski definition) is 1. The maximum absolute atomic E-state index is 13.8. The van der Waals surface area contributed by atoms with Gasteiger partial charge in [-0.15, -0.1) is 0 Å². The van der Waals surface area contributed by atoms with Gasteiger partial charge in [-0.25, -0.2) is 8.78 Å². The van der Waals surface area contributed by atoms with Crippen LogP contribution in [0.3, 0.4) is 0 Å². The van der Waals surface area contributed by atoms with E-state index in [1.54, 1.807) is 25.3 Å². The Kier molecular flexibility index (Phi) is 3.35. The van der Waals surface area contributed by atoms with E-state index < -0.39 is 17.7 Å². The van der Waals surface area contributed by atoms with Crippen LogP contribution in [0.25, 0.3) is 11.0 Å². The number of halogens is 2. The number of nitrogens with two attached hydrogens (primary N) is 1. The number of hydrogen-bond acceptors (Lipinski definition) is 3. The summed E-state index contributed by atoms with van der Waals surface area (Å²) in [5.74, 6) is -0.0989. The molecule has 3 rings (SSSR count). The Balaban J connectivity index is 2.04. The molecule has 3 aromatic rings. The lowest BCUT2D eigenvalue weighted by Crippen LogP contribution is -2.13. The second-order valence-electron chi connectivity index (χ2n) is 4.70. The largest absolute Gasteiger partial charge is 0.497 e. The third-order valence-corrected chi connectivity index (χ3v) is 3.35. The molecule has 0 aliphatic carbocycles. The van der Waals surface area contributed by atoms with Crippen LogP contribution in [0.5, 0.6) is 5.75 Å². The molecule has 0 amide bonds. The van der Waals surface area contributed by atoms with Crippen LogP contribution in [0.4, 0.5) is 8.78 Å². The molecule has 3 nitrogen and oxygen atoms in total. The molecule has 0 fully saturated rings. The van der Waals surface area contributed by atoms with E-state index in [0.717, 1.165) is 23.6 Å². The van der Waals surface area contributed by atoms with E-state index in [2.05, 4.69) is 0 Å². The maximum atomic E-state index is 13.8. The molecule has 2 N–H and O–H groups in total. The summed E-state index contributed by atoms with van der Waals surface area (Å²) in [4.78, 5) is 0. The van der Waals surface area contributed by atoms with Gasteiger partial charge >= 0.3 is 0 Å². The zero-order valence-electron chi connectivity index (χ0n) is 11.3. The second-order valence-corrected chi connectivity index (χ2v) is 4.70. The van der Waals surface area contributed by atoms with Gasteiger partial charge in [0.05, 0.1) is 13.2 Å². The van der Waals surface area contributed by atoms with Gasteiger partial charge in [0.15, 0.2) is 0 Å². The molecule has 0 bridgehead atoms. The molecular formula is C16H13F2NO2. The van der Waals surface area contributed by atoms with Crippen LogP contribution in [-0.2, 0) is 0 Å². The van der Waals surface area contributed by atoms with Gasteiger partial charge < -0.3 is 14.9 Å². The molecule has 21 heavy (non-hydrogen) atoms. The number of methoxy groups -OCH3 is 1. The zero-order valence-corrected chi connectivity index (χ0v) is 11.3. The molecule has 0 aliphatic heterocycles. The molecular weight excluding hydrogens is 276 g/mol. The van der Waals surface area contributed by atoms with Crippen molar-refractivity contribution in [3.8, 4) is 5.75 Å². The molecule has 0 aliphatic rings. The van der Waals surface area contributed by atoms with Crippen molar-refractivity contribution < 1.29 is 17.9 Å². The Hall–Kier alpha value is -2.40. The molecule has 1 heterocycles. The van der Waals surface area contributed by atoms with E-state index in [4.69, 9.17) is 14.9 Å². The van der Waals surface area contributed by atoms with Gasteiger partial charge in [0, 0.05) is 17.0 Å². The summed E-state index contributed by atoms with van der Waals surface area (Å²) in [7, 11) is 1.55. The first kappa shape index (κ1) is 13.6. The molecule has 0 saturated heterocycles. The third kappa shape index (κ3) is 2.48. The lowest BCUT2D eigenvalue weighted by Gasteiger charge is -2.10. The summed E-state index contributed by atoms with van der Waals surface area (Å²) in [5, 5.41) is 0.818. The van der Waals surface area contributed by atoms with Gasteiger partial charge in [0.1, 0.15) is 28.7 Å². The third-order valence-electron chi connectivity index (χ3n) is 3.35. The average Bonchev–Trinajstić information content (AvgIpc) is 2.91. The van der Waals surface area contributed by atoms with Gasteiger partial charge in [-0.05, 0) is 36.4 Å². The highest BCUT2D eigenvalue weighted by Crippen LogP contribution is 2.30. The number of fused-ring (bicyclic) bond motifs is 1. The first-order chi connectivity index (χ1) is 10.1. The quantitative estimate of drug-likeness (QED) is 0.798. The van der Waals surface area contributed by atoms with E-state index >= 15 is 0 Å². The highest BCUT2D eigenvalue weighted by Gasteiger charge is 2.18. The van der Waals surface area contributed by atoms with Gasteiger partial charge in [0.2, 0.25) is 0 Å². The summed E-state index contributed by atoms with van der Waals surface area (Å²) in [6.07, 6.45) is 0. The van der Waals surface area contributed by atoms with Crippen LogP contribution in [0.15, 0.2) is 46.9 Å². The molecule has 0 saturated carbocycles. The molecule has 1 unspecified atom stereocenters. The van der Waals surface area contributed by atoms with Crippen LogP contribution < -0.4 is 10.5 Å².